The van der Waals surface area contributed by atoms with Crippen LogP contribution in [0.2, 0.25) is 0 Å². The molecule has 0 aromatic heterocycles. The number of sulfonamides is 3. The quantitative estimate of drug-likeness (QED) is 0.0132. The van der Waals surface area contributed by atoms with E-state index in [-0.39, 0.29) is 71.4 Å². The zero-order chi connectivity index (χ0) is 64.9. The lowest BCUT2D eigenvalue weighted by atomic mass is 9.88. The number of hydrogen-bond acceptors (Lipinski definition) is 15. The van der Waals surface area contributed by atoms with Crippen LogP contribution in [0.25, 0.3) is 0 Å². The van der Waals surface area contributed by atoms with Crippen molar-refractivity contribution in [2.45, 2.75) is 163 Å². The average molecular weight is 1310 g/mol. The van der Waals surface area contributed by atoms with E-state index in [1.807, 2.05) is 34.6 Å². The summed E-state index contributed by atoms with van der Waals surface area (Å²) in [6.07, 6.45) is 3.02. The minimum Gasteiger partial charge on any atom is -0.487 e. The van der Waals surface area contributed by atoms with Gasteiger partial charge in [0.15, 0.2) is 34.9 Å². The first kappa shape index (κ1) is 71.0. The number of guanidine groups is 2. The molecule has 11 N–H and O–H groups in total. The molecule has 2 heterocycles. The van der Waals surface area contributed by atoms with Crippen molar-refractivity contribution in [3.8, 4) is 11.5 Å². The van der Waals surface area contributed by atoms with E-state index < -0.39 is 114 Å². The van der Waals surface area contributed by atoms with Crippen LogP contribution >= 0.6 is 10.7 Å². The fraction of sp³-hybridized carbons (Fsp3) is 0.462. The van der Waals surface area contributed by atoms with Gasteiger partial charge in [0.1, 0.15) is 34.8 Å². The van der Waals surface area contributed by atoms with Crippen LogP contribution in [0.3, 0.4) is 0 Å². The van der Waals surface area contributed by atoms with Gasteiger partial charge in [-0.1, -0.05) is 0 Å². The number of aliphatic imine (C=N–C) groups is 2. The smallest absolute Gasteiger partial charge is 0.321 e. The number of hydrogen-bond donors (Lipinski definition) is 8. The number of carboxylic acid groups (broad SMARTS) is 2. The highest BCUT2D eigenvalue weighted by molar-refractivity contribution is 8.13. The Morgan fingerprint density at radius 2 is 0.941 bits per heavy atom. The molecule has 472 valence electrons. The van der Waals surface area contributed by atoms with E-state index in [0.717, 1.165) is 35.3 Å². The molecule has 6 rings (SSSR count). The van der Waals surface area contributed by atoms with Crippen molar-refractivity contribution in [3.05, 3.63) is 104 Å². The van der Waals surface area contributed by atoms with Crippen molar-refractivity contribution in [1.29, 1.82) is 0 Å². The minimum atomic E-state index is -4.74. The number of nitrogens with zero attached hydrogens (tertiary/aromatic N) is 2. The summed E-state index contributed by atoms with van der Waals surface area (Å²) in [5, 5.41) is 18.2. The molecule has 33 heteroatoms. The van der Waals surface area contributed by atoms with Gasteiger partial charge in [-0.25, -0.2) is 69.5 Å². The van der Waals surface area contributed by atoms with E-state index in [1.165, 1.54) is 0 Å². The number of carboxylic acids is 2. The summed E-state index contributed by atoms with van der Waals surface area (Å²) < 4.78 is 195. The van der Waals surface area contributed by atoms with E-state index in [2.05, 4.69) is 19.4 Å². The number of aliphatic carboxylic acids is 2. The molecule has 0 fully saturated rings. The van der Waals surface area contributed by atoms with Crippen LogP contribution in [-0.4, -0.2) is 104 Å². The van der Waals surface area contributed by atoms with Gasteiger partial charge in [-0.3, -0.25) is 19.6 Å². The van der Waals surface area contributed by atoms with Crippen molar-refractivity contribution >= 4 is 73.7 Å². The normalized spacial score (nSPS) is 15.7. The van der Waals surface area contributed by atoms with Gasteiger partial charge >= 0.3 is 11.9 Å². The summed E-state index contributed by atoms with van der Waals surface area (Å²) in [7, 11) is -12.3. The minimum absolute atomic E-state index is 0.0502. The predicted molar refractivity (Wildman–Crippen MR) is 302 cm³/mol. The molecule has 4 aromatic rings. The summed E-state index contributed by atoms with van der Waals surface area (Å²) in [6.45, 7) is 18.5. The number of carbonyl (C=O) groups is 2. The van der Waals surface area contributed by atoms with Crippen LogP contribution in [0.1, 0.15) is 111 Å². The monoisotopic (exact) mass is 1300 g/mol. The summed E-state index contributed by atoms with van der Waals surface area (Å²) in [5.74, 6) is -12.3. The Bertz CT molecular complexity index is 3750. The Balaban J connectivity index is 0.000000311. The molecule has 0 saturated heterocycles. The summed E-state index contributed by atoms with van der Waals surface area (Å²) in [6, 6.07) is -1.67. The molecule has 0 saturated carbocycles. The molecule has 4 aromatic carbocycles. The van der Waals surface area contributed by atoms with Gasteiger partial charge in [-0.2, -0.15) is 4.72 Å². The van der Waals surface area contributed by atoms with Gasteiger partial charge in [-0.05, 0) is 189 Å². The number of fused-ring (bicyclic) bond motifs is 2. The molecule has 2 atom stereocenters. The van der Waals surface area contributed by atoms with Crippen molar-refractivity contribution < 1.29 is 89.3 Å². The zero-order valence-corrected chi connectivity index (χ0v) is 51.8. The van der Waals surface area contributed by atoms with Gasteiger partial charge in [-0.15, -0.1) is 0 Å². The lowest BCUT2D eigenvalue weighted by Gasteiger charge is -2.35. The molecule has 0 radical (unpaired) electrons. The molecule has 0 amide bonds. The van der Waals surface area contributed by atoms with E-state index in [9.17, 15) is 74.7 Å². The van der Waals surface area contributed by atoms with Crippen LogP contribution in [0.4, 0.5) is 26.3 Å². The topological polar surface area (TPSA) is 368 Å². The fourth-order valence-corrected chi connectivity index (χ4v) is 14.0. The van der Waals surface area contributed by atoms with Crippen LogP contribution in [0.15, 0.2) is 53.8 Å². The third-order valence-corrected chi connectivity index (χ3v) is 19.7. The maximum atomic E-state index is 13.5. The standard InChI is InChI=1S/C26H33F3N4O7S2.C20H32N4O5S.C6H2ClF3O2S/c1-13-14(2)23(15(3)17-8-9-26(4,5)40-22(13)17)42(38,39)33-25(30)31-10-6-7-20(24(34)35)32-41(36,37)16-11-18(27)21(29)19(28)12-16;1-11-12(2)17(13(3)14-8-9-20(4,5)29-16(11)14)30(27,28)24-19(22)23-10-6-7-15(21)18(25)26;7-13(11,12)3-1-4(8)6(10)5(9)2-3/h11-12,20,32H,6-10H2,1-5H3,(H,34,35)(H3,30,31,33);15H,6-10,21H2,1-5H3,(H,25,26)(H3,22,23,24);1-2H/t20-;15-;/m11./s1. The Kier molecular flexibility index (Phi) is 23.0. The first-order valence-electron chi connectivity index (χ1n) is 25.6. The number of nitrogens with two attached hydrogens (primary N) is 3. The first-order valence-corrected chi connectivity index (χ1v) is 32.4. The summed E-state index contributed by atoms with van der Waals surface area (Å²) in [5.41, 5.74) is 21.8. The number of ether oxygens (including phenoxy) is 2. The van der Waals surface area contributed by atoms with E-state index >= 15 is 0 Å². The Hall–Kier alpha value is -6.45. The summed E-state index contributed by atoms with van der Waals surface area (Å²) >= 11 is 0. The number of nitrogens with one attached hydrogen (secondary N) is 3. The zero-order valence-electron chi connectivity index (χ0n) is 47.7. The lowest BCUT2D eigenvalue weighted by molar-refractivity contribution is -0.139. The maximum Gasteiger partial charge on any atom is 0.321 e. The van der Waals surface area contributed by atoms with Gasteiger partial charge in [0.2, 0.25) is 21.9 Å². The third-order valence-electron chi connectivity index (χ3n) is 13.7. The predicted octanol–water partition coefficient (Wildman–Crippen LogP) is 6.47. The molecule has 22 nitrogen and oxygen atoms in total. The molecular formula is C52H67ClF6N8O14S4. The molecule has 0 aliphatic carbocycles. The SMILES string of the molecule is Cc1c(C)c(S(=O)(=O)NC(N)=NCCC[C@@H](N)C(=O)O)c(C)c2c1OC(C)(C)CC2.Cc1c(C)c(S(=O)(=O)NC(N)=NCCC[C@@H](NS(=O)(=O)c2cc(F)c(F)c(F)c2)C(=O)O)c(C)c2c1OC(C)(C)CC2.O=S(=O)(Cl)c1cc(F)c(F)c(F)c1. The number of halogens is 7. The molecule has 0 unspecified atom stereocenters. The second-order valence-corrected chi connectivity index (χ2v) is 28.6. The van der Waals surface area contributed by atoms with Crippen molar-refractivity contribution in [2.24, 2.45) is 27.2 Å². The Morgan fingerprint density at radius 3 is 1.28 bits per heavy atom. The van der Waals surface area contributed by atoms with E-state index in [1.54, 1.807) is 39.3 Å². The van der Waals surface area contributed by atoms with Crippen LogP contribution in [0.5, 0.6) is 11.5 Å². The summed E-state index contributed by atoms with van der Waals surface area (Å²) in [4.78, 5) is 28.6. The van der Waals surface area contributed by atoms with Crippen LogP contribution in [0, 0.1) is 76.4 Å². The molecule has 2 aliphatic heterocycles. The highest BCUT2D eigenvalue weighted by Gasteiger charge is 2.36. The van der Waals surface area contributed by atoms with E-state index in [0.29, 0.717) is 65.0 Å². The largest absolute Gasteiger partial charge is 0.487 e. The number of rotatable bonds is 18. The highest BCUT2D eigenvalue weighted by atomic mass is 35.7. The average Bonchev–Trinajstić information content (AvgIpc) is 0.974. The van der Waals surface area contributed by atoms with Crippen LogP contribution in [-0.2, 0) is 61.6 Å². The second kappa shape index (κ2) is 27.5. The Labute approximate surface area is 493 Å². The molecule has 85 heavy (non-hydrogen) atoms. The van der Waals surface area contributed by atoms with Gasteiger partial charge in [0.05, 0.1) is 19.6 Å². The first-order chi connectivity index (χ1) is 38.9. The maximum absolute atomic E-state index is 13.5. The fourth-order valence-electron chi connectivity index (χ4n) is 8.92. The molecular weight excluding hydrogens is 1240 g/mol. The van der Waals surface area contributed by atoms with Crippen LogP contribution < -0.4 is 40.8 Å². The highest BCUT2D eigenvalue weighted by Crippen LogP contribution is 2.44. The van der Waals surface area contributed by atoms with Gasteiger partial charge in [0.25, 0.3) is 29.1 Å². The number of benzene rings is 4. The Morgan fingerprint density at radius 1 is 0.588 bits per heavy atom. The van der Waals surface area contributed by atoms with Crippen molar-refractivity contribution in [3.63, 3.8) is 0 Å². The van der Waals surface area contributed by atoms with Gasteiger partial charge in [0, 0.05) is 23.8 Å². The van der Waals surface area contributed by atoms with Crippen molar-refractivity contribution in [2.75, 3.05) is 13.1 Å². The third kappa shape index (κ3) is 18.1. The molecule has 0 bridgehead atoms. The van der Waals surface area contributed by atoms with Crippen molar-refractivity contribution in [1.82, 2.24) is 14.2 Å². The lowest BCUT2D eigenvalue weighted by Crippen LogP contribution is -2.41. The van der Waals surface area contributed by atoms with E-state index in [4.69, 9.17) is 42.5 Å². The van der Waals surface area contributed by atoms with Gasteiger partial charge < -0.3 is 36.9 Å². The molecule has 2 aliphatic rings. The second-order valence-electron chi connectivity index (χ2n) is 21.1. The molecule has 0 spiro atoms.